The van der Waals surface area contributed by atoms with Crippen molar-refractivity contribution in [3.8, 4) is 0 Å². The molecule has 9 heteroatoms. The lowest BCUT2D eigenvalue weighted by Crippen LogP contribution is -2.61. The van der Waals surface area contributed by atoms with Gasteiger partial charge in [0.2, 0.25) is 11.8 Å². The second-order valence-corrected chi connectivity index (χ2v) is 7.67. The number of rotatable bonds is 6. The van der Waals surface area contributed by atoms with Crippen molar-refractivity contribution in [3.63, 3.8) is 0 Å². The Morgan fingerprint density at radius 1 is 1.26 bits per heavy atom. The average Bonchev–Trinajstić information content (AvgIpc) is 3.04. The third-order valence-electron chi connectivity index (χ3n) is 4.97. The molecule has 4 N–H and O–H groups in total. The maximum Gasteiger partial charge on any atom is 0.254 e. The van der Waals surface area contributed by atoms with Crippen LogP contribution in [0.1, 0.15) is 36.0 Å². The van der Waals surface area contributed by atoms with E-state index in [-0.39, 0.29) is 40.0 Å². The molecule has 146 valence electrons. The van der Waals surface area contributed by atoms with E-state index in [0.717, 1.165) is 12.8 Å². The van der Waals surface area contributed by atoms with Crippen LogP contribution in [0, 0.1) is 0 Å². The first kappa shape index (κ1) is 19.9. The minimum atomic E-state index is -0.560. The van der Waals surface area contributed by atoms with Crippen molar-refractivity contribution < 1.29 is 14.4 Å². The number of nitrogens with zero attached hydrogens (tertiary/aromatic N) is 1. The molecule has 2 fully saturated rings. The van der Waals surface area contributed by atoms with Crippen LogP contribution >= 0.6 is 23.2 Å². The highest BCUT2D eigenvalue weighted by Gasteiger charge is 2.46. The lowest BCUT2D eigenvalue weighted by Gasteiger charge is -2.34. The zero-order chi connectivity index (χ0) is 19.6. The van der Waals surface area contributed by atoms with E-state index in [4.69, 9.17) is 28.9 Å². The largest absolute Gasteiger partial charge is 0.347 e. The third kappa shape index (κ3) is 4.20. The highest BCUT2D eigenvalue weighted by molar-refractivity contribution is 6.39. The zero-order valence-corrected chi connectivity index (χ0v) is 16.2. The van der Waals surface area contributed by atoms with Gasteiger partial charge in [0.25, 0.3) is 5.91 Å². The van der Waals surface area contributed by atoms with E-state index in [1.807, 2.05) is 0 Å². The van der Waals surface area contributed by atoms with Crippen molar-refractivity contribution in [1.29, 1.82) is 0 Å². The molecule has 2 aliphatic rings. The number of piperazine rings is 1. The van der Waals surface area contributed by atoms with Crippen molar-refractivity contribution in [3.05, 3.63) is 33.8 Å². The molecule has 2 aliphatic heterocycles. The molecule has 0 unspecified atom stereocenters. The van der Waals surface area contributed by atoms with E-state index >= 15 is 0 Å². The molecule has 0 aliphatic carbocycles. The molecule has 3 atom stereocenters. The van der Waals surface area contributed by atoms with Gasteiger partial charge in [0.05, 0.1) is 15.6 Å². The fraction of sp³-hybridized carbons (Fsp3) is 0.500. The summed E-state index contributed by atoms with van der Waals surface area (Å²) in [4.78, 5) is 39.2. The average molecular weight is 413 g/mol. The first-order valence-electron chi connectivity index (χ1n) is 8.98. The van der Waals surface area contributed by atoms with E-state index in [9.17, 15) is 14.4 Å². The molecule has 0 saturated carbocycles. The van der Waals surface area contributed by atoms with Gasteiger partial charge in [-0.05, 0) is 44.4 Å². The van der Waals surface area contributed by atoms with Crippen LogP contribution in [0.2, 0.25) is 10.0 Å². The molecular formula is C18H22Cl2N4O3. The van der Waals surface area contributed by atoms with Gasteiger partial charge in [0.1, 0.15) is 12.1 Å². The molecule has 1 aromatic carbocycles. The van der Waals surface area contributed by atoms with Gasteiger partial charge >= 0.3 is 0 Å². The van der Waals surface area contributed by atoms with Crippen LogP contribution in [0.25, 0.3) is 0 Å². The fourth-order valence-electron chi connectivity index (χ4n) is 3.62. The molecule has 7 nitrogen and oxygen atoms in total. The normalized spacial score (nSPS) is 24.6. The Kier molecular flexibility index (Phi) is 6.24. The van der Waals surface area contributed by atoms with Gasteiger partial charge in [-0.1, -0.05) is 29.3 Å². The highest BCUT2D eigenvalue weighted by Crippen LogP contribution is 2.27. The van der Waals surface area contributed by atoms with Crippen LogP contribution < -0.4 is 16.4 Å². The molecule has 0 radical (unpaired) electrons. The summed E-state index contributed by atoms with van der Waals surface area (Å²) in [6.45, 7) is 0.845. The molecule has 0 aromatic heterocycles. The second kappa shape index (κ2) is 8.46. The predicted molar refractivity (Wildman–Crippen MR) is 103 cm³/mol. The predicted octanol–water partition coefficient (Wildman–Crippen LogP) is 1.32. The Morgan fingerprint density at radius 2 is 1.96 bits per heavy atom. The zero-order valence-electron chi connectivity index (χ0n) is 14.7. The Labute approximate surface area is 167 Å². The minimum absolute atomic E-state index is 0.107. The topological polar surface area (TPSA) is 105 Å². The van der Waals surface area contributed by atoms with Gasteiger partial charge in [-0.25, -0.2) is 0 Å². The SMILES string of the molecule is NCCCC[C@@H]1NC(=O)[C@@H]2C[C@H](NC(=O)c3c(Cl)cccc3Cl)CN2C1=O. The number of carbonyl (C=O) groups is 3. The number of unbranched alkanes of at least 4 members (excludes halogenated alkanes) is 1. The van der Waals surface area contributed by atoms with Crippen molar-refractivity contribution in [2.45, 2.75) is 43.8 Å². The molecule has 1 aromatic rings. The molecule has 0 spiro atoms. The summed E-state index contributed by atoms with van der Waals surface area (Å²) in [6, 6.07) is 3.41. The number of benzene rings is 1. The van der Waals surface area contributed by atoms with Gasteiger partial charge in [-0.2, -0.15) is 0 Å². The molecule has 2 heterocycles. The van der Waals surface area contributed by atoms with Crippen LogP contribution in [0.5, 0.6) is 0 Å². The van der Waals surface area contributed by atoms with E-state index < -0.39 is 18.0 Å². The molecule has 3 amide bonds. The van der Waals surface area contributed by atoms with Gasteiger partial charge in [-0.15, -0.1) is 0 Å². The standard InChI is InChI=1S/C18H22Cl2N4O3/c19-11-4-3-5-12(20)15(11)17(26)22-10-8-14-16(25)23-13(6-1-2-7-21)18(27)24(14)9-10/h3-5,10,13-14H,1-2,6-9,21H2,(H,22,26)(H,23,25)/t10-,13-,14-/m0/s1. The van der Waals surface area contributed by atoms with Gasteiger partial charge < -0.3 is 21.3 Å². The molecule has 2 saturated heterocycles. The fourth-order valence-corrected chi connectivity index (χ4v) is 4.19. The number of fused-ring (bicyclic) bond motifs is 1. The van der Waals surface area contributed by atoms with E-state index in [1.165, 1.54) is 0 Å². The third-order valence-corrected chi connectivity index (χ3v) is 5.60. The van der Waals surface area contributed by atoms with Gasteiger partial charge in [0, 0.05) is 12.6 Å². The van der Waals surface area contributed by atoms with E-state index in [1.54, 1.807) is 23.1 Å². The van der Waals surface area contributed by atoms with Crippen molar-refractivity contribution >= 4 is 40.9 Å². The maximum absolute atomic E-state index is 12.7. The smallest absolute Gasteiger partial charge is 0.254 e. The van der Waals surface area contributed by atoms with Crippen molar-refractivity contribution in [1.82, 2.24) is 15.5 Å². The summed E-state index contributed by atoms with van der Waals surface area (Å²) in [5.41, 5.74) is 5.68. The summed E-state index contributed by atoms with van der Waals surface area (Å²) in [5, 5.41) is 6.15. The highest BCUT2D eigenvalue weighted by atomic mass is 35.5. The summed E-state index contributed by atoms with van der Waals surface area (Å²) in [6.07, 6.45) is 2.51. The van der Waals surface area contributed by atoms with Crippen molar-refractivity contribution in [2.24, 2.45) is 5.73 Å². The van der Waals surface area contributed by atoms with E-state index in [0.29, 0.717) is 19.4 Å². The Hall–Kier alpha value is -1.83. The molecular weight excluding hydrogens is 391 g/mol. The molecule has 0 bridgehead atoms. The first-order valence-corrected chi connectivity index (χ1v) is 9.73. The number of nitrogens with two attached hydrogens (primary N) is 1. The van der Waals surface area contributed by atoms with Crippen LogP contribution in [0.15, 0.2) is 18.2 Å². The summed E-state index contributed by atoms with van der Waals surface area (Å²) < 4.78 is 0. The van der Waals surface area contributed by atoms with Crippen LogP contribution in [-0.2, 0) is 9.59 Å². The lowest BCUT2D eigenvalue weighted by atomic mass is 10.0. The number of halogens is 2. The Bertz CT molecular complexity index is 738. The summed E-state index contributed by atoms with van der Waals surface area (Å²) >= 11 is 12.1. The maximum atomic E-state index is 12.7. The van der Waals surface area contributed by atoms with Crippen LogP contribution in [-0.4, -0.2) is 53.8 Å². The van der Waals surface area contributed by atoms with Crippen LogP contribution in [0.4, 0.5) is 0 Å². The first-order chi connectivity index (χ1) is 12.9. The van der Waals surface area contributed by atoms with Crippen LogP contribution in [0.3, 0.4) is 0 Å². The van der Waals surface area contributed by atoms with Gasteiger partial charge in [-0.3, -0.25) is 14.4 Å². The number of hydrogen-bond donors (Lipinski definition) is 3. The van der Waals surface area contributed by atoms with Gasteiger partial charge in [0.15, 0.2) is 0 Å². The minimum Gasteiger partial charge on any atom is -0.347 e. The second-order valence-electron chi connectivity index (χ2n) is 6.85. The Balaban J connectivity index is 1.66. The monoisotopic (exact) mass is 412 g/mol. The summed E-state index contributed by atoms with van der Waals surface area (Å²) in [5.74, 6) is -0.702. The summed E-state index contributed by atoms with van der Waals surface area (Å²) in [7, 11) is 0. The quantitative estimate of drug-likeness (QED) is 0.612. The molecule has 27 heavy (non-hydrogen) atoms. The number of amides is 3. The number of hydrogen-bond acceptors (Lipinski definition) is 4. The Morgan fingerprint density at radius 3 is 2.63 bits per heavy atom. The number of nitrogens with one attached hydrogen (secondary N) is 2. The van der Waals surface area contributed by atoms with Crippen molar-refractivity contribution in [2.75, 3.05) is 13.1 Å². The molecule has 3 rings (SSSR count). The number of carbonyl (C=O) groups excluding carboxylic acids is 3. The lowest BCUT2D eigenvalue weighted by molar-refractivity contribution is -0.147. The van der Waals surface area contributed by atoms with E-state index in [2.05, 4.69) is 10.6 Å².